The van der Waals surface area contributed by atoms with Gasteiger partial charge in [-0.05, 0) is 27.0 Å². The number of benzene rings is 1. The van der Waals surface area contributed by atoms with E-state index in [4.69, 9.17) is 9.47 Å². The lowest BCUT2D eigenvalue weighted by molar-refractivity contribution is -0.0520. The minimum absolute atomic E-state index is 0. The number of hydrogen-bond donors (Lipinski definition) is 2. The summed E-state index contributed by atoms with van der Waals surface area (Å²) >= 11 is 0. The molecular formula is C19H33F2IN4O3. The highest BCUT2D eigenvalue weighted by Crippen LogP contribution is 2.33. The average Bonchev–Trinajstić information content (AvgIpc) is 2.66. The molecule has 0 amide bonds. The van der Waals surface area contributed by atoms with E-state index in [-0.39, 0.29) is 42.0 Å². The maximum absolute atomic E-state index is 12.8. The molecule has 0 bridgehead atoms. The van der Waals surface area contributed by atoms with Crippen LogP contribution in [0.5, 0.6) is 11.5 Å². The van der Waals surface area contributed by atoms with E-state index >= 15 is 0 Å². The van der Waals surface area contributed by atoms with Crippen LogP contribution in [-0.2, 0) is 11.3 Å². The summed E-state index contributed by atoms with van der Waals surface area (Å²) in [5.74, 6) is 0.916. The Hall–Kier alpha value is -1.40. The van der Waals surface area contributed by atoms with Crippen LogP contribution in [0.25, 0.3) is 0 Å². The lowest BCUT2D eigenvalue weighted by Gasteiger charge is -2.18. The van der Waals surface area contributed by atoms with E-state index in [0.717, 1.165) is 13.1 Å². The summed E-state index contributed by atoms with van der Waals surface area (Å²) in [7, 11) is 3.69. The van der Waals surface area contributed by atoms with Crippen LogP contribution in [0.1, 0.15) is 19.4 Å². The number of aliphatic imine (C=N–C) groups is 1. The van der Waals surface area contributed by atoms with Gasteiger partial charge in [0.05, 0.1) is 19.8 Å². The van der Waals surface area contributed by atoms with Crippen molar-refractivity contribution in [3.05, 3.63) is 23.8 Å². The summed E-state index contributed by atoms with van der Waals surface area (Å²) in [4.78, 5) is 6.62. The molecule has 1 aromatic carbocycles. The number of halogens is 3. The van der Waals surface area contributed by atoms with Crippen molar-refractivity contribution in [2.24, 2.45) is 4.99 Å². The molecule has 168 valence electrons. The van der Waals surface area contributed by atoms with Crippen molar-refractivity contribution in [3.8, 4) is 11.5 Å². The zero-order chi connectivity index (χ0) is 20.8. The third-order valence-electron chi connectivity index (χ3n) is 3.78. The van der Waals surface area contributed by atoms with Crippen LogP contribution < -0.4 is 20.1 Å². The number of methoxy groups -OCH3 is 1. The third-order valence-corrected chi connectivity index (χ3v) is 3.78. The fourth-order valence-electron chi connectivity index (χ4n) is 2.41. The molecule has 0 aliphatic carbocycles. The number of nitrogens with zero attached hydrogens (tertiary/aromatic N) is 2. The number of guanidine groups is 1. The number of ether oxygens (including phenoxy) is 3. The molecular weight excluding hydrogens is 497 g/mol. The van der Waals surface area contributed by atoms with Gasteiger partial charge in [0.15, 0.2) is 17.5 Å². The number of rotatable bonds is 13. The normalized spacial score (nSPS) is 11.4. The van der Waals surface area contributed by atoms with Crippen molar-refractivity contribution >= 4 is 29.9 Å². The monoisotopic (exact) mass is 530 g/mol. The molecule has 0 atom stereocenters. The Morgan fingerprint density at radius 1 is 1.21 bits per heavy atom. The van der Waals surface area contributed by atoms with E-state index in [2.05, 4.69) is 25.3 Å². The van der Waals surface area contributed by atoms with Crippen molar-refractivity contribution in [3.63, 3.8) is 0 Å². The Labute approximate surface area is 189 Å². The van der Waals surface area contributed by atoms with Crippen LogP contribution in [0.3, 0.4) is 0 Å². The number of likely N-dealkylation sites (N-methyl/N-ethyl adjacent to an activating group) is 1. The minimum atomic E-state index is -2.93. The molecule has 1 aromatic rings. The average molecular weight is 530 g/mol. The highest BCUT2D eigenvalue weighted by Gasteiger charge is 2.15. The topological polar surface area (TPSA) is 67.4 Å². The second-order valence-electron chi connectivity index (χ2n) is 5.97. The van der Waals surface area contributed by atoms with Gasteiger partial charge in [-0.15, -0.1) is 24.0 Å². The first kappa shape index (κ1) is 27.6. The first-order chi connectivity index (χ1) is 13.5. The third kappa shape index (κ3) is 11.4. The molecule has 10 heteroatoms. The molecule has 0 fully saturated rings. The lowest BCUT2D eigenvalue weighted by atomic mass is 10.2. The number of para-hydroxylation sites is 1. The van der Waals surface area contributed by atoms with Gasteiger partial charge in [-0.2, -0.15) is 8.78 Å². The summed E-state index contributed by atoms with van der Waals surface area (Å²) in [5.41, 5.74) is 0.528. The van der Waals surface area contributed by atoms with Crippen LogP contribution in [0.15, 0.2) is 23.2 Å². The molecule has 0 saturated carbocycles. The van der Waals surface area contributed by atoms with E-state index in [0.29, 0.717) is 37.8 Å². The summed E-state index contributed by atoms with van der Waals surface area (Å²) in [6.07, 6.45) is 0. The van der Waals surface area contributed by atoms with Gasteiger partial charge in [0.25, 0.3) is 0 Å². The molecule has 0 aliphatic rings. The fourth-order valence-corrected chi connectivity index (χ4v) is 2.41. The van der Waals surface area contributed by atoms with E-state index < -0.39 is 6.61 Å². The second kappa shape index (κ2) is 16.4. The quantitative estimate of drug-likeness (QED) is 0.232. The standard InChI is InChI=1S/C19H32F2N4O3.HI/c1-5-22-19(23-10-11-25(3)12-13-26-4)24-14-15-8-7-9-16(27-6-2)17(15)28-18(20)21;/h7-9,18H,5-6,10-14H2,1-4H3,(H2,22,23,24);1H. The second-order valence-corrected chi connectivity index (χ2v) is 5.97. The van der Waals surface area contributed by atoms with Crippen LogP contribution in [0, 0.1) is 0 Å². The van der Waals surface area contributed by atoms with Gasteiger partial charge < -0.3 is 29.7 Å². The highest BCUT2D eigenvalue weighted by molar-refractivity contribution is 14.0. The van der Waals surface area contributed by atoms with Gasteiger partial charge in [0.2, 0.25) is 0 Å². The number of nitrogens with one attached hydrogen (secondary N) is 2. The molecule has 0 aliphatic heterocycles. The zero-order valence-corrected chi connectivity index (χ0v) is 19.9. The summed E-state index contributed by atoms with van der Waals surface area (Å²) in [5, 5.41) is 6.38. The molecule has 0 heterocycles. The molecule has 0 spiro atoms. The van der Waals surface area contributed by atoms with Gasteiger partial charge in [-0.3, -0.25) is 0 Å². The maximum Gasteiger partial charge on any atom is 0.387 e. The summed E-state index contributed by atoms with van der Waals surface area (Å²) < 4.78 is 40.8. The van der Waals surface area contributed by atoms with E-state index in [1.54, 1.807) is 32.2 Å². The van der Waals surface area contributed by atoms with Crippen LogP contribution in [-0.4, -0.2) is 71.0 Å². The first-order valence-electron chi connectivity index (χ1n) is 9.40. The highest BCUT2D eigenvalue weighted by atomic mass is 127. The van der Waals surface area contributed by atoms with Crippen molar-refractivity contribution in [1.29, 1.82) is 0 Å². The predicted octanol–water partition coefficient (Wildman–Crippen LogP) is 2.94. The van der Waals surface area contributed by atoms with Gasteiger partial charge in [-0.25, -0.2) is 4.99 Å². The molecule has 7 nitrogen and oxygen atoms in total. The van der Waals surface area contributed by atoms with Crippen LogP contribution in [0.2, 0.25) is 0 Å². The molecule has 0 radical (unpaired) electrons. The van der Waals surface area contributed by atoms with Crippen molar-refractivity contribution in [2.75, 3.05) is 53.6 Å². The molecule has 2 N–H and O–H groups in total. The van der Waals surface area contributed by atoms with E-state index in [9.17, 15) is 8.78 Å². The van der Waals surface area contributed by atoms with Crippen molar-refractivity contribution in [1.82, 2.24) is 15.5 Å². The predicted molar refractivity (Wildman–Crippen MR) is 122 cm³/mol. The van der Waals surface area contributed by atoms with Gasteiger partial charge in [0, 0.05) is 38.9 Å². The Morgan fingerprint density at radius 3 is 2.59 bits per heavy atom. The maximum atomic E-state index is 12.8. The Morgan fingerprint density at radius 2 is 1.97 bits per heavy atom. The molecule has 0 aromatic heterocycles. The Bertz CT molecular complexity index is 595. The number of alkyl halides is 2. The molecule has 0 unspecified atom stereocenters. The summed E-state index contributed by atoms with van der Waals surface area (Å²) in [6, 6.07) is 5.04. The first-order valence-corrected chi connectivity index (χ1v) is 9.40. The van der Waals surface area contributed by atoms with E-state index in [1.165, 1.54) is 0 Å². The van der Waals surface area contributed by atoms with Crippen LogP contribution >= 0.6 is 24.0 Å². The minimum Gasteiger partial charge on any atom is -0.490 e. The summed E-state index contributed by atoms with van der Waals surface area (Å²) in [6.45, 7) is 5.04. The zero-order valence-electron chi connectivity index (χ0n) is 17.5. The van der Waals surface area contributed by atoms with Gasteiger partial charge >= 0.3 is 6.61 Å². The van der Waals surface area contributed by atoms with Crippen LogP contribution in [0.4, 0.5) is 8.78 Å². The van der Waals surface area contributed by atoms with Gasteiger partial charge in [-0.1, -0.05) is 12.1 Å². The smallest absolute Gasteiger partial charge is 0.387 e. The Kier molecular flexibility index (Phi) is 15.6. The molecule has 29 heavy (non-hydrogen) atoms. The lowest BCUT2D eigenvalue weighted by Crippen LogP contribution is -2.41. The van der Waals surface area contributed by atoms with Crippen molar-refractivity contribution < 1.29 is 23.0 Å². The number of hydrogen-bond acceptors (Lipinski definition) is 5. The fraction of sp³-hybridized carbons (Fsp3) is 0.632. The molecule has 0 saturated heterocycles. The van der Waals surface area contributed by atoms with Crippen molar-refractivity contribution in [2.45, 2.75) is 27.0 Å². The largest absolute Gasteiger partial charge is 0.490 e. The molecule has 1 rings (SSSR count). The Balaban J connectivity index is 0.00000784. The van der Waals surface area contributed by atoms with E-state index in [1.807, 2.05) is 14.0 Å². The SMILES string of the molecule is CCNC(=NCc1cccc(OCC)c1OC(F)F)NCCN(C)CCOC.I. The van der Waals surface area contributed by atoms with Gasteiger partial charge in [0.1, 0.15) is 0 Å².